The summed E-state index contributed by atoms with van der Waals surface area (Å²) in [5.74, 6) is 2.57. The molecule has 174 valence electrons. The zero-order valence-corrected chi connectivity index (χ0v) is 21.0. The molecule has 0 saturated heterocycles. The predicted octanol–water partition coefficient (Wildman–Crippen LogP) is 8.29. The van der Waals surface area contributed by atoms with E-state index in [0.717, 1.165) is 56.6 Å². The summed E-state index contributed by atoms with van der Waals surface area (Å²) in [7, 11) is 2.12. The lowest BCUT2D eigenvalue weighted by molar-refractivity contribution is -0.659. The molecule has 4 heteroatoms. The maximum Gasteiger partial charge on any atom is 0.228 e. The molecule has 35 heavy (non-hydrogen) atoms. The van der Waals surface area contributed by atoms with Crippen molar-refractivity contribution in [3.05, 3.63) is 65.5 Å². The molecule has 0 saturated carbocycles. The SMILES string of the molecule is Cc1cc2oc3c4c5c([n+](C)ccc5cc3c2o1)-c1c(c(CC(C)(C)C)c2ccccc2c1C)O4. The van der Waals surface area contributed by atoms with Crippen LogP contribution in [0.4, 0.5) is 0 Å². The molecule has 1 aliphatic rings. The molecule has 0 atom stereocenters. The lowest BCUT2D eigenvalue weighted by atomic mass is 9.81. The average Bonchev–Trinajstić information content (AvgIpc) is 3.34. The van der Waals surface area contributed by atoms with Crippen LogP contribution in [0, 0.1) is 19.3 Å². The van der Waals surface area contributed by atoms with Gasteiger partial charge in [0.05, 0.1) is 10.9 Å². The molecule has 0 bridgehead atoms. The standard InChI is InChI=1S/C31H28NO3/c1-16-13-23-27(33-16)21-14-18-11-12-32(6)26-24-17(2)19-9-7-8-10-20(19)22(15-31(3,4)5)28(24)35-30(25(18)26)29(21)34-23/h7-14H,15H2,1-6H3/q+1. The Morgan fingerprint density at radius 3 is 2.40 bits per heavy atom. The molecule has 6 aromatic rings. The van der Waals surface area contributed by atoms with E-state index in [-0.39, 0.29) is 5.41 Å². The molecule has 0 N–H and O–H groups in total. The van der Waals surface area contributed by atoms with Crippen molar-refractivity contribution in [3.8, 4) is 22.8 Å². The van der Waals surface area contributed by atoms with Crippen molar-refractivity contribution < 1.29 is 18.1 Å². The number of fused-ring (bicyclic) bond motifs is 7. The lowest BCUT2D eigenvalue weighted by Gasteiger charge is -2.28. The Hall–Kier alpha value is -3.79. The Bertz CT molecular complexity index is 1860. The molecule has 7 rings (SSSR count). The first-order chi connectivity index (χ1) is 16.7. The van der Waals surface area contributed by atoms with E-state index in [1.165, 1.54) is 33.2 Å². The third-order valence-electron chi connectivity index (χ3n) is 7.29. The third-order valence-corrected chi connectivity index (χ3v) is 7.29. The van der Waals surface area contributed by atoms with Crippen LogP contribution in [0.15, 0.2) is 57.5 Å². The van der Waals surface area contributed by atoms with E-state index in [4.69, 9.17) is 13.6 Å². The van der Waals surface area contributed by atoms with E-state index in [9.17, 15) is 0 Å². The van der Waals surface area contributed by atoms with E-state index in [1.807, 2.05) is 13.0 Å². The molecule has 3 aromatic carbocycles. The van der Waals surface area contributed by atoms with Crippen LogP contribution in [-0.2, 0) is 13.5 Å². The van der Waals surface area contributed by atoms with Crippen LogP contribution in [0.2, 0.25) is 0 Å². The number of hydrogen-bond acceptors (Lipinski definition) is 3. The summed E-state index contributed by atoms with van der Waals surface area (Å²) < 4.78 is 21.6. The number of rotatable bonds is 1. The third kappa shape index (κ3) is 2.77. The molecular weight excluding hydrogens is 434 g/mol. The van der Waals surface area contributed by atoms with Crippen LogP contribution in [-0.4, -0.2) is 0 Å². The molecule has 0 amide bonds. The Morgan fingerprint density at radius 2 is 1.63 bits per heavy atom. The molecule has 3 aromatic heterocycles. The minimum Gasteiger partial charge on any atom is -0.457 e. The van der Waals surface area contributed by atoms with Gasteiger partial charge in [0, 0.05) is 17.7 Å². The number of nitrogens with zero attached hydrogens (tertiary/aromatic N) is 1. The van der Waals surface area contributed by atoms with Gasteiger partial charge in [-0.3, -0.25) is 0 Å². The van der Waals surface area contributed by atoms with Gasteiger partial charge in [-0.2, -0.15) is 0 Å². The van der Waals surface area contributed by atoms with Crippen LogP contribution in [0.3, 0.4) is 0 Å². The number of hydrogen-bond donors (Lipinski definition) is 0. The molecule has 1 aliphatic heterocycles. The summed E-state index contributed by atoms with van der Waals surface area (Å²) in [6, 6.07) is 15.0. The van der Waals surface area contributed by atoms with Crippen molar-refractivity contribution in [3.63, 3.8) is 0 Å². The van der Waals surface area contributed by atoms with Gasteiger partial charge in [-0.15, -0.1) is 0 Å². The second kappa shape index (κ2) is 6.66. The highest BCUT2D eigenvalue weighted by atomic mass is 16.5. The molecule has 4 nitrogen and oxygen atoms in total. The first kappa shape index (κ1) is 20.6. The maximum atomic E-state index is 6.96. The van der Waals surface area contributed by atoms with Crippen molar-refractivity contribution in [2.75, 3.05) is 0 Å². The van der Waals surface area contributed by atoms with Crippen LogP contribution < -0.4 is 9.30 Å². The van der Waals surface area contributed by atoms with Gasteiger partial charge in [0.1, 0.15) is 23.9 Å². The van der Waals surface area contributed by atoms with Crippen molar-refractivity contribution in [2.45, 2.75) is 41.0 Å². The fraction of sp³-hybridized carbons (Fsp3) is 0.258. The van der Waals surface area contributed by atoms with Crippen molar-refractivity contribution in [1.29, 1.82) is 0 Å². The summed E-state index contributed by atoms with van der Waals surface area (Å²) in [5, 5.41) is 5.69. The van der Waals surface area contributed by atoms with E-state index in [0.29, 0.717) is 0 Å². The van der Waals surface area contributed by atoms with Gasteiger partial charge < -0.3 is 13.6 Å². The molecule has 0 unspecified atom stereocenters. The van der Waals surface area contributed by atoms with Crippen molar-refractivity contribution >= 4 is 43.7 Å². The minimum absolute atomic E-state index is 0.0949. The monoisotopic (exact) mass is 462 g/mol. The fourth-order valence-electron chi connectivity index (χ4n) is 5.87. The number of benzene rings is 3. The molecule has 0 radical (unpaired) electrons. The van der Waals surface area contributed by atoms with Crippen LogP contribution in [0.1, 0.15) is 37.7 Å². The maximum absolute atomic E-state index is 6.96. The topological polar surface area (TPSA) is 39.4 Å². The zero-order chi connectivity index (χ0) is 24.2. The summed E-state index contributed by atoms with van der Waals surface area (Å²) in [5.41, 5.74) is 7.22. The predicted molar refractivity (Wildman–Crippen MR) is 140 cm³/mol. The summed E-state index contributed by atoms with van der Waals surface area (Å²) in [6.07, 6.45) is 3.05. The zero-order valence-electron chi connectivity index (χ0n) is 21.0. The van der Waals surface area contributed by atoms with E-state index in [2.05, 4.69) is 81.9 Å². The second-order valence-corrected chi connectivity index (χ2v) is 11.2. The highest BCUT2D eigenvalue weighted by Crippen LogP contribution is 2.54. The van der Waals surface area contributed by atoms with Crippen LogP contribution >= 0.6 is 0 Å². The molecule has 0 spiro atoms. The average molecular weight is 463 g/mol. The van der Waals surface area contributed by atoms with Gasteiger partial charge in [0.2, 0.25) is 5.69 Å². The molecule has 4 heterocycles. The first-order valence-electron chi connectivity index (χ1n) is 12.2. The van der Waals surface area contributed by atoms with E-state index < -0.39 is 0 Å². The van der Waals surface area contributed by atoms with Crippen molar-refractivity contribution in [1.82, 2.24) is 0 Å². The van der Waals surface area contributed by atoms with Gasteiger partial charge in [0.15, 0.2) is 28.7 Å². The van der Waals surface area contributed by atoms with E-state index in [1.54, 1.807) is 0 Å². The normalized spacial score (nSPS) is 13.2. The van der Waals surface area contributed by atoms with Gasteiger partial charge in [-0.05, 0) is 53.5 Å². The summed E-state index contributed by atoms with van der Waals surface area (Å²) in [6.45, 7) is 11.0. The molecule has 0 fully saturated rings. The summed E-state index contributed by atoms with van der Waals surface area (Å²) in [4.78, 5) is 0. The molecule has 0 aliphatic carbocycles. The smallest absolute Gasteiger partial charge is 0.228 e. The van der Waals surface area contributed by atoms with Gasteiger partial charge >= 0.3 is 0 Å². The second-order valence-electron chi connectivity index (χ2n) is 11.2. The Balaban J connectivity index is 1.68. The minimum atomic E-state index is 0.0949. The number of pyridine rings is 1. The van der Waals surface area contributed by atoms with Gasteiger partial charge in [-0.25, -0.2) is 4.57 Å². The Kier molecular flexibility index (Phi) is 3.91. The van der Waals surface area contributed by atoms with Gasteiger partial charge in [-0.1, -0.05) is 45.0 Å². The highest BCUT2D eigenvalue weighted by molar-refractivity contribution is 6.16. The van der Waals surface area contributed by atoms with Crippen LogP contribution in [0.5, 0.6) is 11.5 Å². The number of furan rings is 2. The van der Waals surface area contributed by atoms with Crippen molar-refractivity contribution in [2.24, 2.45) is 12.5 Å². The quantitative estimate of drug-likeness (QED) is 0.230. The number of aryl methyl sites for hydroxylation is 3. The summed E-state index contributed by atoms with van der Waals surface area (Å²) >= 11 is 0. The number of ether oxygens (including phenoxy) is 1. The Labute approximate surface area is 203 Å². The lowest BCUT2D eigenvalue weighted by Crippen LogP contribution is -2.32. The number of aromatic nitrogens is 1. The highest BCUT2D eigenvalue weighted by Gasteiger charge is 2.36. The fourth-order valence-corrected chi connectivity index (χ4v) is 5.87. The first-order valence-corrected chi connectivity index (χ1v) is 12.2. The van der Waals surface area contributed by atoms with E-state index >= 15 is 0 Å². The largest absolute Gasteiger partial charge is 0.457 e. The van der Waals surface area contributed by atoms with Gasteiger partial charge in [0.25, 0.3) is 0 Å². The molecular formula is C31H28NO3+. The van der Waals surface area contributed by atoms with Crippen LogP contribution in [0.25, 0.3) is 54.9 Å². The Morgan fingerprint density at radius 1 is 0.857 bits per heavy atom.